The van der Waals surface area contributed by atoms with Gasteiger partial charge in [0.05, 0.1) is 0 Å². The van der Waals surface area contributed by atoms with E-state index in [1.165, 1.54) is 12.4 Å². The number of hydrogen-bond donors (Lipinski definition) is 2. The summed E-state index contributed by atoms with van der Waals surface area (Å²) < 4.78 is 32.1. The van der Waals surface area contributed by atoms with Crippen LogP contribution in [-0.2, 0) is 11.3 Å². The molecule has 0 saturated heterocycles. The maximum atomic E-state index is 13.0. The van der Waals surface area contributed by atoms with Crippen molar-refractivity contribution in [3.8, 4) is 0 Å². The van der Waals surface area contributed by atoms with Crippen LogP contribution in [0.1, 0.15) is 60.3 Å². The van der Waals surface area contributed by atoms with Crippen LogP contribution in [0.25, 0.3) is 0 Å². The minimum atomic E-state index is -2.65. The van der Waals surface area contributed by atoms with Crippen molar-refractivity contribution in [2.24, 2.45) is 10.9 Å². The molecule has 0 aliphatic rings. The highest BCUT2D eigenvalue weighted by Gasteiger charge is 2.22. The summed E-state index contributed by atoms with van der Waals surface area (Å²) >= 11 is 0. The number of nitrogens with zero attached hydrogens (tertiary/aromatic N) is 4. The standard InChI is InChI=1S/C20H36F2N6O2/c1-8-23-18(25-13-16-24-10-12-28(16)17(21)22)27(7)11-9-15(14(2)3)26-19(29)30-20(4,5)6/h10,12,14-15,17H,8-9,11,13H2,1-7H3,(H,23,25)(H,26,29). The molecule has 0 radical (unpaired) electrons. The van der Waals surface area contributed by atoms with Crippen LogP contribution < -0.4 is 10.6 Å². The first-order valence-electron chi connectivity index (χ1n) is 10.2. The number of nitrogens with one attached hydrogen (secondary N) is 2. The van der Waals surface area contributed by atoms with E-state index in [1.54, 1.807) is 0 Å². The summed E-state index contributed by atoms with van der Waals surface area (Å²) in [6.07, 6.45) is 2.80. The van der Waals surface area contributed by atoms with Crippen molar-refractivity contribution in [1.82, 2.24) is 25.1 Å². The van der Waals surface area contributed by atoms with Crippen molar-refractivity contribution in [1.29, 1.82) is 0 Å². The summed E-state index contributed by atoms with van der Waals surface area (Å²) in [6, 6.07) is -0.0806. The molecule has 1 atom stereocenters. The smallest absolute Gasteiger partial charge is 0.407 e. The number of alkyl halides is 2. The van der Waals surface area contributed by atoms with Gasteiger partial charge in [-0.15, -0.1) is 0 Å². The van der Waals surface area contributed by atoms with E-state index in [2.05, 4.69) is 20.6 Å². The number of amides is 1. The number of hydrogen-bond acceptors (Lipinski definition) is 4. The molecule has 1 rings (SSSR count). The highest BCUT2D eigenvalue weighted by molar-refractivity contribution is 5.79. The molecule has 10 heteroatoms. The Morgan fingerprint density at radius 3 is 2.57 bits per heavy atom. The molecule has 172 valence electrons. The summed E-state index contributed by atoms with van der Waals surface area (Å²) in [4.78, 5) is 22.4. The molecule has 1 amide bonds. The lowest BCUT2D eigenvalue weighted by Gasteiger charge is -2.28. The first-order chi connectivity index (χ1) is 13.9. The number of ether oxygens (including phenoxy) is 1. The molecule has 0 aliphatic carbocycles. The fraction of sp³-hybridized carbons (Fsp3) is 0.750. The number of aromatic nitrogens is 2. The number of carbonyl (C=O) groups excluding carboxylic acids is 1. The predicted octanol–water partition coefficient (Wildman–Crippen LogP) is 3.61. The summed E-state index contributed by atoms with van der Waals surface area (Å²) in [5.74, 6) is 0.991. The average molecular weight is 431 g/mol. The summed E-state index contributed by atoms with van der Waals surface area (Å²) in [5.41, 5.74) is -0.558. The molecule has 0 fully saturated rings. The Kier molecular flexibility index (Phi) is 10.0. The number of rotatable bonds is 9. The average Bonchev–Trinajstić information content (AvgIpc) is 3.08. The van der Waals surface area contributed by atoms with E-state index in [1.807, 2.05) is 53.5 Å². The second-order valence-corrected chi connectivity index (χ2v) is 8.41. The molecule has 0 bridgehead atoms. The zero-order chi connectivity index (χ0) is 22.9. The molecule has 0 spiro atoms. The highest BCUT2D eigenvalue weighted by atomic mass is 19.3. The third-order valence-corrected chi connectivity index (χ3v) is 4.31. The number of aliphatic imine (C=N–C) groups is 1. The fourth-order valence-electron chi connectivity index (χ4n) is 2.73. The van der Waals surface area contributed by atoms with E-state index < -0.39 is 18.2 Å². The predicted molar refractivity (Wildman–Crippen MR) is 114 cm³/mol. The zero-order valence-electron chi connectivity index (χ0n) is 19.1. The lowest BCUT2D eigenvalue weighted by molar-refractivity contribution is 0.0485. The van der Waals surface area contributed by atoms with Crippen LogP contribution in [0.5, 0.6) is 0 Å². The molecule has 30 heavy (non-hydrogen) atoms. The van der Waals surface area contributed by atoms with Crippen LogP contribution in [0.15, 0.2) is 17.4 Å². The van der Waals surface area contributed by atoms with Gasteiger partial charge < -0.3 is 20.3 Å². The Hall–Kier alpha value is -2.39. The Balaban J connectivity index is 2.74. The first kappa shape index (κ1) is 25.6. The molecular weight excluding hydrogens is 394 g/mol. The molecule has 1 heterocycles. The van der Waals surface area contributed by atoms with Crippen molar-refractivity contribution >= 4 is 12.1 Å². The van der Waals surface area contributed by atoms with Gasteiger partial charge in [-0.2, -0.15) is 8.78 Å². The molecule has 0 saturated carbocycles. The number of halogens is 2. The van der Waals surface area contributed by atoms with Gasteiger partial charge in [0, 0.05) is 38.6 Å². The van der Waals surface area contributed by atoms with Gasteiger partial charge in [0.1, 0.15) is 18.0 Å². The highest BCUT2D eigenvalue weighted by Crippen LogP contribution is 2.14. The molecule has 0 aliphatic heterocycles. The minimum absolute atomic E-state index is 0.0355. The zero-order valence-corrected chi connectivity index (χ0v) is 19.1. The molecule has 8 nitrogen and oxygen atoms in total. The molecule has 1 aromatic rings. The van der Waals surface area contributed by atoms with Crippen LogP contribution in [0.4, 0.5) is 13.6 Å². The van der Waals surface area contributed by atoms with Crippen molar-refractivity contribution in [2.75, 3.05) is 20.1 Å². The van der Waals surface area contributed by atoms with Gasteiger partial charge in [0.15, 0.2) is 5.96 Å². The van der Waals surface area contributed by atoms with Gasteiger partial charge >= 0.3 is 12.6 Å². The Morgan fingerprint density at radius 1 is 1.37 bits per heavy atom. The molecule has 1 aromatic heterocycles. The van der Waals surface area contributed by atoms with Gasteiger partial charge in [0.25, 0.3) is 0 Å². The molecular formula is C20H36F2N6O2. The van der Waals surface area contributed by atoms with E-state index in [-0.39, 0.29) is 24.3 Å². The SMILES string of the molecule is CCNC(=NCc1nccn1C(F)F)N(C)CCC(NC(=O)OC(C)(C)C)C(C)C. The van der Waals surface area contributed by atoms with Crippen LogP contribution in [0, 0.1) is 5.92 Å². The lowest BCUT2D eigenvalue weighted by atomic mass is 10.0. The van der Waals surface area contributed by atoms with Gasteiger partial charge in [-0.3, -0.25) is 4.57 Å². The number of guanidine groups is 1. The van der Waals surface area contributed by atoms with Crippen LogP contribution in [0.3, 0.4) is 0 Å². The number of imidazole rings is 1. The van der Waals surface area contributed by atoms with E-state index in [9.17, 15) is 13.6 Å². The third kappa shape index (κ3) is 8.96. The van der Waals surface area contributed by atoms with Crippen LogP contribution in [0.2, 0.25) is 0 Å². The van der Waals surface area contributed by atoms with Gasteiger partial charge in [-0.05, 0) is 40.0 Å². The second-order valence-electron chi connectivity index (χ2n) is 8.41. The largest absolute Gasteiger partial charge is 0.444 e. The quantitative estimate of drug-likeness (QED) is 0.462. The number of alkyl carbamates (subject to hydrolysis) is 1. The van der Waals surface area contributed by atoms with Crippen molar-refractivity contribution in [2.45, 2.75) is 72.7 Å². The Bertz CT molecular complexity index is 685. The fourth-order valence-corrected chi connectivity index (χ4v) is 2.73. The van der Waals surface area contributed by atoms with Crippen molar-refractivity contribution in [3.05, 3.63) is 18.2 Å². The van der Waals surface area contributed by atoms with E-state index in [0.29, 0.717) is 25.5 Å². The van der Waals surface area contributed by atoms with Crippen LogP contribution >= 0.6 is 0 Å². The maximum Gasteiger partial charge on any atom is 0.407 e. The maximum absolute atomic E-state index is 13.0. The van der Waals surface area contributed by atoms with Crippen molar-refractivity contribution < 1.29 is 18.3 Å². The van der Waals surface area contributed by atoms with Crippen molar-refractivity contribution in [3.63, 3.8) is 0 Å². The normalized spacial score (nSPS) is 13.5. The van der Waals surface area contributed by atoms with Crippen LogP contribution in [-0.4, -0.2) is 58.3 Å². The molecule has 0 aromatic carbocycles. The monoisotopic (exact) mass is 430 g/mol. The first-order valence-corrected chi connectivity index (χ1v) is 10.2. The van der Waals surface area contributed by atoms with Gasteiger partial charge in [-0.1, -0.05) is 13.8 Å². The summed E-state index contributed by atoms with van der Waals surface area (Å²) in [7, 11) is 1.87. The van der Waals surface area contributed by atoms with E-state index in [0.717, 1.165) is 4.57 Å². The topological polar surface area (TPSA) is 83.8 Å². The third-order valence-electron chi connectivity index (χ3n) is 4.31. The number of carbonyl (C=O) groups is 1. The van der Waals surface area contributed by atoms with E-state index in [4.69, 9.17) is 4.74 Å². The van der Waals surface area contributed by atoms with Gasteiger partial charge in [0.2, 0.25) is 0 Å². The van der Waals surface area contributed by atoms with E-state index >= 15 is 0 Å². The second kappa shape index (κ2) is 11.7. The minimum Gasteiger partial charge on any atom is -0.444 e. The molecule has 1 unspecified atom stereocenters. The molecule has 2 N–H and O–H groups in total. The lowest BCUT2D eigenvalue weighted by Crippen LogP contribution is -2.45. The summed E-state index contributed by atoms with van der Waals surface area (Å²) in [5, 5.41) is 6.09. The Morgan fingerprint density at radius 2 is 2.03 bits per heavy atom. The summed E-state index contributed by atoms with van der Waals surface area (Å²) in [6.45, 7) is 10.1. The van der Waals surface area contributed by atoms with Gasteiger partial charge in [-0.25, -0.2) is 14.8 Å². The Labute approximate surface area is 178 Å².